The third-order valence-corrected chi connectivity index (χ3v) is 5.39. The molecular formula is C23H31N3O. The number of benzene rings is 2. The maximum atomic E-state index is 12.6. The molecule has 2 aromatic rings. The van der Waals surface area contributed by atoms with Gasteiger partial charge in [-0.25, -0.2) is 0 Å². The lowest BCUT2D eigenvalue weighted by Gasteiger charge is -2.27. The quantitative estimate of drug-likeness (QED) is 0.854. The highest BCUT2D eigenvalue weighted by Gasteiger charge is 2.23. The summed E-state index contributed by atoms with van der Waals surface area (Å²) in [5.41, 5.74) is 3.74. The Morgan fingerprint density at radius 2 is 1.70 bits per heavy atom. The summed E-state index contributed by atoms with van der Waals surface area (Å²) < 4.78 is 0. The molecule has 0 bridgehead atoms. The van der Waals surface area contributed by atoms with Crippen molar-refractivity contribution in [3.63, 3.8) is 0 Å². The summed E-state index contributed by atoms with van der Waals surface area (Å²) in [6.07, 6.45) is 1.10. The van der Waals surface area contributed by atoms with Crippen LogP contribution in [0, 0.1) is 6.92 Å². The van der Waals surface area contributed by atoms with Gasteiger partial charge in [0.1, 0.15) is 0 Å². The van der Waals surface area contributed by atoms with Gasteiger partial charge >= 0.3 is 0 Å². The van der Waals surface area contributed by atoms with Crippen molar-refractivity contribution in [3.05, 3.63) is 71.3 Å². The second-order valence-electron chi connectivity index (χ2n) is 7.53. The number of hydrogen-bond acceptors (Lipinski definition) is 3. The van der Waals surface area contributed by atoms with Gasteiger partial charge in [0.25, 0.3) is 0 Å². The van der Waals surface area contributed by atoms with Crippen molar-refractivity contribution in [1.82, 2.24) is 15.1 Å². The molecule has 1 unspecified atom stereocenters. The van der Waals surface area contributed by atoms with E-state index in [0.29, 0.717) is 6.54 Å². The smallest absolute Gasteiger partial charge is 0.237 e. The lowest BCUT2D eigenvalue weighted by Crippen LogP contribution is -2.46. The van der Waals surface area contributed by atoms with Gasteiger partial charge in [0.05, 0.1) is 6.04 Å². The highest BCUT2D eigenvalue weighted by molar-refractivity contribution is 5.81. The van der Waals surface area contributed by atoms with Gasteiger partial charge in [-0.1, -0.05) is 60.2 Å². The predicted octanol–water partition coefficient (Wildman–Crippen LogP) is 3.21. The number of aryl methyl sites for hydroxylation is 1. The first-order chi connectivity index (χ1) is 13.1. The third kappa shape index (κ3) is 5.91. The Labute approximate surface area is 163 Å². The molecule has 0 radical (unpaired) electrons. The van der Waals surface area contributed by atoms with E-state index in [9.17, 15) is 4.79 Å². The fourth-order valence-corrected chi connectivity index (χ4v) is 3.59. The lowest BCUT2D eigenvalue weighted by molar-refractivity contribution is -0.126. The van der Waals surface area contributed by atoms with Crippen molar-refractivity contribution in [2.75, 3.05) is 26.2 Å². The predicted molar refractivity (Wildman–Crippen MR) is 110 cm³/mol. The summed E-state index contributed by atoms with van der Waals surface area (Å²) in [6.45, 7) is 9.69. The normalized spacial score (nSPS) is 17.3. The van der Waals surface area contributed by atoms with Crippen molar-refractivity contribution in [3.8, 4) is 0 Å². The van der Waals surface area contributed by atoms with Crippen molar-refractivity contribution >= 4 is 5.91 Å². The minimum absolute atomic E-state index is 0.0906. The molecule has 1 heterocycles. The molecule has 0 aromatic heterocycles. The molecular weight excluding hydrogens is 334 g/mol. The monoisotopic (exact) mass is 365 g/mol. The maximum absolute atomic E-state index is 12.6. The van der Waals surface area contributed by atoms with E-state index in [1.165, 1.54) is 11.1 Å². The van der Waals surface area contributed by atoms with Crippen LogP contribution in [-0.2, 0) is 17.9 Å². The van der Waals surface area contributed by atoms with Gasteiger partial charge in [-0.2, -0.15) is 0 Å². The van der Waals surface area contributed by atoms with Gasteiger partial charge in [-0.15, -0.1) is 0 Å². The highest BCUT2D eigenvalue weighted by atomic mass is 16.2. The standard InChI is InChI=1S/C23H31N3O/c1-19-9-11-21(12-10-19)17-24-23(27)20(2)26-14-6-13-25(15-16-26)18-22-7-4-3-5-8-22/h3-5,7-12,20H,6,13-18H2,1-2H3,(H,24,27). The maximum Gasteiger partial charge on any atom is 0.237 e. The summed E-state index contributed by atoms with van der Waals surface area (Å²) >= 11 is 0. The minimum atomic E-state index is -0.0906. The summed E-state index contributed by atoms with van der Waals surface area (Å²) in [7, 11) is 0. The Bertz CT molecular complexity index is 714. The molecule has 2 aromatic carbocycles. The van der Waals surface area contributed by atoms with E-state index in [1.54, 1.807) is 0 Å². The van der Waals surface area contributed by atoms with Gasteiger partial charge in [0.15, 0.2) is 0 Å². The van der Waals surface area contributed by atoms with Crippen LogP contribution in [0.5, 0.6) is 0 Å². The summed E-state index contributed by atoms with van der Waals surface area (Å²) in [4.78, 5) is 17.4. The van der Waals surface area contributed by atoms with E-state index >= 15 is 0 Å². The molecule has 0 aliphatic carbocycles. The molecule has 4 nitrogen and oxygen atoms in total. The molecule has 1 N–H and O–H groups in total. The number of carbonyl (C=O) groups excluding carboxylic acids is 1. The van der Waals surface area contributed by atoms with Crippen molar-refractivity contribution in [2.45, 2.75) is 39.4 Å². The van der Waals surface area contributed by atoms with Crippen LogP contribution in [0.15, 0.2) is 54.6 Å². The average molecular weight is 366 g/mol. The van der Waals surface area contributed by atoms with Crippen LogP contribution >= 0.6 is 0 Å². The molecule has 144 valence electrons. The van der Waals surface area contributed by atoms with Gasteiger partial charge in [-0.3, -0.25) is 14.6 Å². The van der Waals surface area contributed by atoms with E-state index in [2.05, 4.69) is 76.6 Å². The van der Waals surface area contributed by atoms with Crippen LogP contribution in [0.4, 0.5) is 0 Å². The van der Waals surface area contributed by atoms with Gasteiger partial charge in [-0.05, 0) is 37.9 Å². The fraction of sp³-hybridized carbons (Fsp3) is 0.435. The SMILES string of the molecule is Cc1ccc(CNC(=O)C(C)N2CCCN(Cc3ccccc3)CC2)cc1. The van der Waals surface area contributed by atoms with Crippen molar-refractivity contribution < 1.29 is 4.79 Å². The number of nitrogens with one attached hydrogen (secondary N) is 1. The zero-order valence-electron chi connectivity index (χ0n) is 16.5. The molecule has 1 fully saturated rings. The molecule has 1 aliphatic rings. The number of nitrogens with zero attached hydrogens (tertiary/aromatic N) is 2. The number of hydrogen-bond donors (Lipinski definition) is 1. The molecule has 3 rings (SSSR count). The van der Waals surface area contributed by atoms with Crippen LogP contribution in [0.2, 0.25) is 0 Å². The topological polar surface area (TPSA) is 35.6 Å². The van der Waals surface area contributed by atoms with Gasteiger partial charge in [0.2, 0.25) is 5.91 Å². The first-order valence-corrected chi connectivity index (χ1v) is 9.95. The Hall–Kier alpha value is -2.17. The number of rotatable bonds is 6. The molecule has 4 heteroatoms. The summed E-state index contributed by atoms with van der Waals surface area (Å²) in [6, 6.07) is 18.9. The van der Waals surface area contributed by atoms with Crippen LogP contribution in [-0.4, -0.2) is 47.9 Å². The molecule has 1 atom stereocenters. The van der Waals surface area contributed by atoms with Gasteiger partial charge < -0.3 is 5.32 Å². The number of amides is 1. The van der Waals surface area contributed by atoms with Crippen molar-refractivity contribution in [2.24, 2.45) is 0 Å². The molecule has 1 saturated heterocycles. The molecule has 0 saturated carbocycles. The third-order valence-electron chi connectivity index (χ3n) is 5.39. The van der Waals surface area contributed by atoms with E-state index < -0.39 is 0 Å². The average Bonchev–Trinajstić information content (AvgIpc) is 2.93. The fourth-order valence-electron chi connectivity index (χ4n) is 3.59. The van der Waals surface area contributed by atoms with E-state index in [0.717, 1.165) is 44.7 Å². The lowest BCUT2D eigenvalue weighted by atomic mass is 10.1. The van der Waals surface area contributed by atoms with Gasteiger partial charge in [0, 0.05) is 32.7 Å². The number of carbonyl (C=O) groups is 1. The zero-order chi connectivity index (χ0) is 19.1. The Morgan fingerprint density at radius 3 is 2.44 bits per heavy atom. The molecule has 27 heavy (non-hydrogen) atoms. The molecule has 0 spiro atoms. The second kappa shape index (κ2) is 9.67. The van der Waals surface area contributed by atoms with E-state index in [1.807, 2.05) is 6.92 Å². The van der Waals surface area contributed by atoms with E-state index in [4.69, 9.17) is 0 Å². The highest BCUT2D eigenvalue weighted by Crippen LogP contribution is 2.11. The van der Waals surface area contributed by atoms with Crippen LogP contribution in [0.3, 0.4) is 0 Å². The largest absolute Gasteiger partial charge is 0.351 e. The van der Waals surface area contributed by atoms with Crippen LogP contribution < -0.4 is 5.32 Å². The zero-order valence-corrected chi connectivity index (χ0v) is 16.5. The van der Waals surface area contributed by atoms with E-state index in [-0.39, 0.29) is 11.9 Å². The molecule has 1 aliphatic heterocycles. The van der Waals surface area contributed by atoms with Crippen LogP contribution in [0.25, 0.3) is 0 Å². The Morgan fingerprint density at radius 1 is 0.963 bits per heavy atom. The summed E-state index contributed by atoms with van der Waals surface area (Å²) in [5, 5.41) is 3.09. The Kier molecular flexibility index (Phi) is 7.02. The first kappa shape index (κ1) is 19.6. The molecule has 1 amide bonds. The minimum Gasteiger partial charge on any atom is -0.351 e. The Balaban J connectivity index is 1.47. The second-order valence-corrected chi connectivity index (χ2v) is 7.53. The first-order valence-electron chi connectivity index (χ1n) is 9.95. The van der Waals surface area contributed by atoms with Crippen LogP contribution in [0.1, 0.15) is 30.0 Å². The van der Waals surface area contributed by atoms with Crippen molar-refractivity contribution in [1.29, 1.82) is 0 Å². The summed E-state index contributed by atoms with van der Waals surface area (Å²) in [5.74, 6) is 0.118.